The van der Waals surface area contributed by atoms with Gasteiger partial charge in [0.25, 0.3) is 0 Å². The number of hydrogen-bond acceptors (Lipinski definition) is 2. The van der Waals surface area contributed by atoms with Crippen LogP contribution >= 0.6 is 11.6 Å². The maximum atomic E-state index is 9.27. The predicted octanol–water partition coefficient (Wildman–Crippen LogP) is 2.24. The summed E-state index contributed by atoms with van der Waals surface area (Å²) in [6, 6.07) is 7.19. The quantitative estimate of drug-likeness (QED) is 0.790. The summed E-state index contributed by atoms with van der Waals surface area (Å²) in [6.45, 7) is 0. The summed E-state index contributed by atoms with van der Waals surface area (Å²) >= 11 is 5.72. The van der Waals surface area contributed by atoms with E-state index in [1.807, 2.05) is 12.1 Å². The summed E-state index contributed by atoms with van der Waals surface area (Å²) < 4.78 is 5.51. The first-order valence-electron chi connectivity index (χ1n) is 4.36. The molecule has 0 amide bonds. The fourth-order valence-electron chi connectivity index (χ4n) is 1.28. The van der Waals surface area contributed by atoms with E-state index in [1.54, 1.807) is 12.1 Å². The molecule has 1 aromatic rings. The standard InChI is InChI=1S/C10H11ClO2/c11-7-1-3-8(4-2-7)13-10-6-5-9(10)12/h1-4,9-10,12H,5-6H2/t9-,10-/m1/s1. The van der Waals surface area contributed by atoms with Crippen LogP contribution in [-0.2, 0) is 0 Å². The van der Waals surface area contributed by atoms with Crippen molar-refractivity contribution in [3.63, 3.8) is 0 Å². The van der Waals surface area contributed by atoms with E-state index in [2.05, 4.69) is 0 Å². The molecular formula is C10H11ClO2. The zero-order valence-electron chi connectivity index (χ0n) is 7.11. The highest BCUT2D eigenvalue weighted by Gasteiger charge is 2.30. The van der Waals surface area contributed by atoms with Crippen molar-refractivity contribution in [2.24, 2.45) is 0 Å². The molecule has 3 heteroatoms. The molecule has 0 radical (unpaired) electrons. The minimum absolute atomic E-state index is 0.0267. The van der Waals surface area contributed by atoms with Gasteiger partial charge in [-0.3, -0.25) is 0 Å². The minimum Gasteiger partial charge on any atom is -0.488 e. The van der Waals surface area contributed by atoms with Crippen molar-refractivity contribution in [1.82, 2.24) is 0 Å². The first-order chi connectivity index (χ1) is 6.25. The third-order valence-corrected chi connectivity index (χ3v) is 2.53. The van der Waals surface area contributed by atoms with Crippen LogP contribution in [0, 0.1) is 0 Å². The molecule has 1 saturated carbocycles. The average Bonchev–Trinajstić information content (AvgIpc) is 2.15. The fraction of sp³-hybridized carbons (Fsp3) is 0.400. The lowest BCUT2D eigenvalue weighted by molar-refractivity contribution is -0.0361. The van der Waals surface area contributed by atoms with Crippen molar-refractivity contribution in [2.75, 3.05) is 0 Å². The molecule has 1 fully saturated rings. The van der Waals surface area contributed by atoms with Crippen LogP contribution < -0.4 is 4.74 Å². The van der Waals surface area contributed by atoms with Crippen molar-refractivity contribution in [2.45, 2.75) is 25.0 Å². The van der Waals surface area contributed by atoms with E-state index in [-0.39, 0.29) is 12.2 Å². The van der Waals surface area contributed by atoms with Crippen LogP contribution in [0.2, 0.25) is 5.02 Å². The van der Waals surface area contributed by atoms with Gasteiger partial charge in [-0.25, -0.2) is 0 Å². The first-order valence-corrected chi connectivity index (χ1v) is 4.74. The Balaban J connectivity index is 1.98. The minimum atomic E-state index is -0.296. The third kappa shape index (κ3) is 1.95. The number of halogens is 1. The highest BCUT2D eigenvalue weighted by atomic mass is 35.5. The van der Waals surface area contributed by atoms with Crippen LogP contribution in [-0.4, -0.2) is 17.3 Å². The second-order valence-corrected chi connectivity index (χ2v) is 3.69. The molecule has 0 bridgehead atoms. The third-order valence-electron chi connectivity index (χ3n) is 2.28. The lowest BCUT2D eigenvalue weighted by atomic mass is 9.92. The van der Waals surface area contributed by atoms with Crippen molar-refractivity contribution < 1.29 is 9.84 Å². The molecule has 2 rings (SSSR count). The van der Waals surface area contributed by atoms with Gasteiger partial charge in [-0.15, -0.1) is 0 Å². The van der Waals surface area contributed by atoms with Crippen molar-refractivity contribution in [3.05, 3.63) is 29.3 Å². The maximum absolute atomic E-state index is 9.27. The molecule has 2 nitrogen and oxygen atoms in total. The summed E-state index contributed by atoms with van der Waals surface area (Å²) in [5.74, 6) is 0.771. The summed E-state index contributed by atoms with van der Waals surface area (Å²) in [5, 5.41) is 9.97. The average molecular weight is 199 g/mol. The zero-order valence-corrected chi connectivity index (χ0v) is 7.87. The Morgan fingerprint density at radius 3 is 2.38 bits per heavy atom. The Morgan fingerprint density at radius 1 is 1.23 bits per heavy atom. The van der Waals surface area contributed by atoms with E-state index in [0.717, 1.165) is 18.6 Å². The molecule has 13 heavy (non-hydrogen) atoms. The van der Waals surface area contributed by atoms with Gasteiger partial charge in [0.1, 0.15) is 11.9 Å². The van der Waals surface area contributed by atoms with Crippen molar-refractivity contribution >= 4 is 11.6 Å². The monoisotopic (exact) mass is 198 g/mol. The Bertz CT molecular complexity index is 283. The molecule has 1 aromatic carbocycles. The van der Waals surface area contributed by atoms with E-state index < -0.39 is 0 Å². The largest absolute Gasteiger partial charge is 0.488 e. The van der Waals surface area contributed by atoms with Crippen molar-refractivity contribution in [3.8, 4) is 5.75 Å². The summed E-state index contributed by atoms with van der Waals surface area (Å²) in [5.41, 5.74) is 0. The lowest BCUT2D eigenvalue weighted by Gasteiger charge is -2.32. The zero-order chi connectivity index (χ0) is 9.26. The van der Waals surface area contributed by atoms with Crippen LogP contribution in [0.1, 0.15) is 12.8 Å². The smallest absolute Gasteiger partial charge is 0.125 e. The molecule has 0 saturated heterocycles. The van der Waals surface area contributed by atoms with E-state index in [1.165, 1.54) is 0 Å². The Kier molecular flexibility index (Phi) is 2.42. The molecule has 0 aromatic heterocycles. The van der Waals surface area contributed by atoms with Crippen LogP contribution in [0.4, 0.5) is 0 Å². The van der Waals surface area contributed by atoms with Crippen LogP contribution in [0.15, 0.2) is 24.3 Å². The molecule has 1 aliphatic rings. The van der Waals surface area contributed by atoms with E-state index >= 15 is 0 Å². The topological polar surface area (TPSA) is 29.5 Å². The molecule has 2 atom stereocenters. The van der Waals surface area contributed by atoms with E-state index in [9.17, 15) is 5.11 Å². The van der Waals surface area contributed by atoms with Crippen molar-refractivity contribution in [1.29, 1.82) is 0 Å². The van der Waals surface area contributed by atoms with Gasteiger partial charge < -0.3 is 9.84 Å². The van der Waals surface area contributed by atoms with E-state index in [0.29, 0.717) is 5.02 Å². The van der Waals surface area contributed by atoms with Gasteiger partial charge in [-0.1, -0.05) is 11.6 Å². The number of aliphatic hydroxyl groups excluding tert-OH is 1. The molecule has 1 aliphatic carbocycles. The van der Waals surface area contributed by atoms with Crippen LogP contribution in [0.5, 0.6) is 5.75 Å². The highest BCUT2D eigenvalue weighted by Crippen LogP contribution is 2.26. The maximum Gasteiger partial charge on any atom is 0.125 e. The van der Waals surface area contributed by atoms with E-state index in [4.69, 9.17) is 16.3 Å². The number of benzene rings is 1. The first kappa shape index (κ1) is 8.85. The van der Waals surface area contributed by atoms with Crippen LogP contribution in [0.3, 0.4) is 0 Å². The number of aliphatic hydroxyl groups is 1. The number of ether oxygens (including phenoxy) is 1. The van der Waals surface area contributed by atoms with Gasteiger partial charge in [0.15, 0.2) is 0 Å². The van der Waals surface area contributed by atoms with Gasteiger partial charge in [-0.2, -0.15) is 0 Å². The highest BCUT2D eigenvalue weighted by molar-refractivity contribution is 6.30. The SMILES string of the molecule is O[C@@H]1CC[C@H]1Oc1ccc(Cl)cc1. The lowest BCUT2D eigenvalue weighted by Crippen LogP contribution is -2.41. The Morgan fingerprint density at radius 2 is 1.92 bits per heavy atom. The molecule has 0 aliphatic heterocycles. The molecule has 0 unspecified atom stereocenters. The van der Waals surface area contributed by atoms with Gasteiger partial charge in [0.2, 0.25) is 0 Å². The molecule has 0 heterocycles. The number of rotatable bonds is 2. The summed E-state index contributed by atoms with van der Waals surface area (Å²) in [4.78, 5) is 0. The van der Waals surface area contributed by atoms with Gasteiger partial charge in [0.05, 0.1) is 6.10 Å². The summed E-state index contributed by atoms with van der Waals surface area (Å²) in [6.07, 6.45) is 1.46. The second kappa shape index (κ2) is 3.56. The molecule has 0 spiro atoms. The number of hydrogen-bond donors (Lipinski definition) is 1. The predicted molar refractivity (Wildman–Crippen MR) is 51.1 cm³/mol. The van der Waals surface area contributed by atoms with Gasteiger partial charge >= 0.3 is 0 Å². The Hall–Kier alpha value is -0.730. The van der Waals surface area contributed by atoms with Gasteiger partial charge in [-0.05, 0) is 37.1 Å². The second-order valence-electron chi connectivity index (χ2n) is 3.25. The Labute approximate surface area is 82.1 Å². The van der Waals surface area contributed by atoms with Gasteiger partial charge in [0, 0.05) is 5.02 Å². The molecule has 70 valence electrons. The normalized spacial score (nSPS) is 26.6. The fourth-order valence-corrected chi connectivity index (χ4v) is 1.40. The summed E-state index contributed by atoms with van der Waals surface area (Å²) in [7, 11) is 0. The van der Waals surface area contributed by atoms with Crippen LogP contribution in [0.25, 0.3) is 0 Å². The molecule has 1 N–H and O–H groups in total. The molecular weight excluding hydrogens is 188 g/mol.